The van der Waals surface area contributed by atoms with Crippen molar-refractivity contribution in [2.75, 3.05) is 26.2 Å². The quantitative estimate of drug-likeness (QED) is 0.102. The van der Waals surface area contributed by atoms with Crippen LogP contribution < -0.4 is 11.1 Å². The summed E-state index contributed by atoms with van der Waals surface area (Å²) >= 11 is 11.5. The van der Waals surface area contributed by atoms with Crippen molar-refractivity contribution >= 4 is 64.2 Å². The van der Waals surface area contributed by atoms with Gasteiger partial charge in [-0.3, -0.25) is 28.3 Å². The average Bonchev–Trinajstić information content (AvgIpc) is 4.03. The summed E-state index contributed by atoms with van der Waals surface area (Å²) in [6.45, 7) is 2.33. The number of fused-ring (bicyclic) bond motifs is 2. The van der Waals surface area contributed by atoms with Crippen molar-refractivity contribution in [1.82, 2.24) is 38.5 Å². The fraction of sp³-hybridized carbons (Fsp3) is 0.409. The second-order valence-corrected chi connectivity index (χ2v) is 17.8. The van der Waals surface area contributed by atoms with Crippen molar-refractivity contribution in [3.8, 4) is 22.3 Å². The molecule has 10 rings (SSSR count). The molecule has 4 aliphatic rings. The lowest BCUT2D eigenvalue weighted by molar-refractivity contribution is -0.138. The van der Waals surface area contributed by atoms with Crippen LogP contribution in [-0.4, -0.2) is 93.6 Å². The first-order valence-electron chi connectivity index (χ1n) is 21.6. The molecule has 0 radical (unpaired) electrons. The Labute approximate surface area is 387 Å². The van der Waals surface area contributed by atoms with Gasteiger partial charge in [-0.05, 0) is 79.7 Å². The molecule has 23 heteroatoms. The second kappa shape index (κ2) is 19.2. The standard InChI is InChI=1S/C22H20ClF3N4O2.C19H16ClF3N4O2.C3H7BO2/c23-17-6-3-13(9-16(17)22(24,25)26)15-10-30(14-4-5-14)20-19(15)21(32)29(12-27-20)11-18(31)28-7-1-2-8-28;20-14-4-3-11(7-13(14)19(21,22)23)12-8-24-17-16(12)18(29)27(10-25-17)9-15(28)26-5-1-2-6-26;5-4(6)3-1-2-3/h3,6,9-10,12,14H,1-2,4-5,7-8,11H2;3-4,7-8,10,24H,1-2,5-6,9H2;3,5-6H,1-2H2. The average molecular weight is 976 g/mol. The van der Waals surface area contributed by atoms with E-state index in [1.165, 1.54) is 46.2 Å². The number of hydrogen-bond acceptors (Lipinski definition) is 8. The summed E-state index contributed by atoms with van der Waals surface area (Å²) in [5, 5.41) is 16.0. The molecule has 0 bridgehead atoms. The Balaban J connectivity index is 0.000000162. The SMILES string of the molecule is O=C(Cn1cnc2[nH]cc(-c3ccc(Cl)c(C(F)(F)F)c3)c2c1=O)N1CCCC1.O=C(Cn1cnc2c(c(-c3ccc(Cl)c(C(F)(F)F)c3)cn2C2CC2)c1=O)N1CCCC1.OB(O)C1CC1. The molecule has 2 saturated carbocycles. The highest BCUT2D eigenvalue weighted by atomic mass is 35.5. The van der Waals surface area contributed by atoms with E-state index in [1.54, 1.807) is 16.0 Å². The number of H-pyrrole nitrogens is 1. The van der Waals surface area contributed by atoms with Crippen LogP contribution in [0, 0.1) is 0 Å². The number of amides is 2. The first kappa shape index (κ1) is 47.8. The highest BCUT2D eigenvalue weighted by Gasteiger charge is 2.36. The molecule has 67 heavy (non-hydrogen) atoms. The number of nitrogens with one attached hydrogen (secondary N) is 1. The number of aromatic nitrogens is 6. The first-order valence-corrected chi connectivity index (χ1v) is 22.4. The number of nitrogens with zero attached hydrogens (tertiary/aromatic N) is 7. The van der Waals surface area contributed by atoms with E-state index in [9.17, 15) is 45.5 Å². The van der Waals surface area contributed by atoms with Gasteiger partial charge >= 0.3 is 19.5 Å². The number of likely N-dealkylation sites (tertiary alicyclic amines) is 2. The number of carbonyl (C=O) groups is 2. The van der Waals surface area contributed by atoms with Gasteiger partial charge < -0.3 is 29.4 Å². The van der Waals surface area contributed by atoms with Gasteiger partial charge in [-0.1, -0.05) is 48.2 Å². The molecule has 0 spiro atoms. The van der Waals surface area contributed by atoms with E-state index in [2.05, 4.69) is 15.0 Å². The van der Waals surface area contributed by atoms with Gasteiger partial charge in [0.1, 0.15) is 37.0 Å². The Kier molecular flexibility index (Phi) is 13.7. The van der Waals surface area contributed by atoms with Gasteiger partial charge in [-0.15, -0.1) is 0 Å². The summed E-state index contributed by atoms with van der Waals surface area (Å²) in [5.74, 6) is -0.140. The maximum Gasteiger partial charge on any atom is 0.454 e. The van der Waals surface area contributed by atoms with E-state index in [0.717, 1.165) is 69.6 Å². The Morgan fingerprint density at radius 1 is 0.701 bits per heavy atom. The van der Waals surface area contributed by atoms with E-state index in [4.69, 9.17) is 33.2 Å². The molecular weight excluding hydrogens is 932 g/mol. The minimum Gasteiger partial charge on any atom is -0.427 e. The second-order valence-electron chi connectivity index (χ2n) is 17.0. The topological polar surface area (TPSA) is 172 Å². The van der Waals surface area contributed by atoms with E-state index < -0.39 is 51.8 Å². The Hall–Kier alpha value is -5.64. The summed E-state index contributed by atoms with van der Waals surface area (Å²) in [7, 11) is -1.04. The molecule has 2 aliphatic carbocycles. The van der Waals surface area contributed by atoms with Crippen LogP contribution in [0.25, 0.3) is 44.3 Å². The Morgan fingerprint density at radius 2 is 1.18 bits per heavy atom. The Bertz CT molecular complexity index is 2950. The van der Waals surface area contributed by atoms with E-state index in [-0.39, 0.29) is 69.9 Å². The zero-order valence-electron chi connectivity index (χ0n) is 35.6. The molecule has 0 atom stereocenters. The largest absolute Gasteiger partial charge is 0.454 e. The van der Waals surface area contributed by atoms with Crippen LogP contribution >= 0.6 is 23.2 Å². The molecule has 4 fully saturated rings. The van der Waals surface area contributed by atoms with Crippen LogP contribution in [0.3, 0.4) is 0 Å². The number of aromatic amines is 1. The van der Waals surface area contributed by atoms with Crippen LogP contribution in [0.15, 0.2) is 71.0 Å². The van der Waals surface area contributed by atoms with Crippen molar-refractivity contribution in [3.63, 3.8) is 0 Å². The number of rotatable bonds is 8. The lowest BCUT2D eigenvalue weighted by Crippen LogP contribution is -2.34. The third-order valence-electron chi connectivity index (χ3n) is 12.1. The Morgan fingerprint density at radius 3 is 1.63 bits per heavy atom. The monoisotopic (exact) mass is 974 g/mol. The van der Waals surface area contributed by atoms with Crippen molar-refractivity contribution in [2.45, 2.75) is 88.7 Å². The molecular formula is C44H43BCl2F6N8O6. The van der Waals surface area contributed by atoms with E-state index >= 15 is 0 Å². The molecule has 4 aromatic heterocycles. The minimum atomic E-state index is -4.63. The molecule has 6 aromatic rings. The molecule has 14 nitrogen and oxygen atoms in total. The predicted octanol–water partition coefficient (Wildman–Crippen LogP) is 7.80. The summed E-state index contributed by atoms with van der Waals surface area (Å²) < 4.78 is 84.2. The van der Waals surface area contributed by atoms with Crippen LogP contribution in [0.5, 0.6) is 0 Å². The lowest BCUT2D eigenvalue weighted by atomic mass is 9.84. The van der Waals surface area contributed by atoms with Crippen molar-refractivity contribution < 1.29 is 46.0 Å². The number of hydrogen-bond donors (Lipinski definition) is 3. The van der Waals surface area contributed by atoms with Crippen molar-refractivity contribution in [1.29, 1.82) is 0 Å². The number of carbonyl (C=O) groups excluding carboxylic acids is 2. The first-order chi connectivity index (χ1) is 31.8. The highest BCUT2D eigenvalue weighted by molar-refractivity contribution is 6.44. The predicted molar refractivity (Wildman–Crippen MR) is 238 cm³/mol. The summed E-state index contributed by atoms with van der Waals surface area (Å²) in [6, 6.07) is 7.23. The van der Waals surface area contributed by atoms with Crippen LogP contribution in [0.1, 0.15) is 68.5 Å². The molecule has 2 aliphatic heterocycles. The molecule has 2 amide bonds. The number of halogens is 8. The van der Waals surface area contributed by atoms with Gasteiger partial charge in [0.05, 0.1) is 31.9 Å². The van der Waals surface area contributed by atoms with Gasteiger partial charge in [0, 0.05) is 55.7 Å². The van der Waals surface area contributed by atoms with Crippen LogP contribution in [0.4, 0.5) is 26.3 Å². The smallest absolute Gasteiger partial charge is 0.427 e. The molecule has 2 saturated heterocycles. The highest BCUT2D eigenvalue weighted by Crippen LogP contribution is 2.43. The zero-order valence-corrected chi connectivity index (χ0v) is 37.1. The number of alkyl halides is 6. The molecule has 354 valence electrons. The van der Waals surface area contributed by atoms with Gasteiger partial charge in [-0.2, -0.15) is 26.3 Å². The van der Waals surface area contributed by atoms with Gasteiger partial charge in [0.15, 0.2) is 0 Å². The number of benzene rings is 2. The maximum absolute atomic E-state index is 13.4. The minimum absolute atomic E-state index is 0.122. The van der Waals surface area contributed by atoms with E-state index in [1.807, 2.05) is 4.57 Å². The zero-order chi connectivity index (χ0) is 47.9. The van der Waals surface area contributed by atoms with Gasteiger partial charge in [0.25, 0.3) is 11.1 Å². The van der Waals surface area contributed by atoms with Crippen LogP contribution in [0.2, 0.25) is 15.9 Å². The summed E-state index contributed by atoms with van der Waals surface area (Å²) in [4.78, 5) is 66.0. The molecule has 2 aromatic carbocycles. The van der Waals surface area contributed by atoms with E-state index in [0.29, 0.717) is 37.4 Å². The fourth-order valence-electron chi connectivity index (χ4n) is 8.17. The summed E-state index contributed by atoms with van der Waals surface area (Å²) in [6.07, 6.45) is 4.03. The van der Waals surface area contributed by atoms with Crippen molar-refractivity contribution in [3.05, 3.63) is 103 Å². The normalized spacial score (nSPS) is 16.3. The van der Waals surface area contributed by atoms with Gasteiger partial charge in [0.2, 0.25) is 11.8 Å². The molecule has 0 unspecified atom stereocenters. The molecule has 3 N–H and O–H groups in total. The fourth-order valence-corrected chi connectivity index (χ4v) is 8.62. The van der Waals surface area contributed by atoms with Crippen molar-refractivity contribution in [2.24, 2.45) is 0 Å². The summed E-state index contributed by atoms with van der Waals surface area (Å²) in [5.41, 5.74) is -1.21. The van der Waals surface area contributed by atoms with Gasteiger partial charge in [-0.25, -0.2) is 9.97 Å². The molecule has 6 heterocycles. The van der Waals surface area contributed by atoms with Crippen LogP contribution in [-0.2, 0) is 35.0 Å². The third kappa shape index (κ3) is 10.6. The lowest BCUT2D eigenvalue weighted by Gasteiger charge is -2.16. The third-order valence-corrected chi connectivity index (χ3v) is 12.8. The maximum atomic E-state index is 13.4.